The fraction of sp³-hybridized carbons (Fsp3) is 0.417. The molecule has 0 saturated heterocycles. The monoisotopic (exact) mass is 263 g/mol. The van der Waals surface area contributed by atoms with Crippen LogP contribution in [0.4, 0.5) is 5.13 Å². The maximum atomic E-state index is 12.1. The zero-order chi connectivity index (χ0) is 12.7. The van der Waals surface area contributed by atoms with E-state index in [9.17, 15) is 14.7 Å². The van der Waals surface area contributed by atoms with Crippen LogP contribution in [0, 0.1) is 23.7 Å². The van der Waals surface area contributed by atoms with Crippen molar-refractivity contribution in [2.45, 2.75) is 6.42 Å². The van der Waals surface area contributed by atoms with Crippen LogP contribution in [-0.4, -0.2) is 16.9 Å². The first-order valence-electron chi connectivity index (χ1n) is 5.76. The number of aromatic nitrogens is 1. The van der Waals surface area contributed by atoms with Gasteiger partial charge in [0, 0.05) is 23.5 Å². The van der Waals surface area contributed by atoms with E-state index in [2.05, 4.69) is 10.3 Å². The average Bonchev–Trinajstić information content (AvgIpc) is 3.03. The molecule has 0 spiro atoms. The summed E-state index contributed by atoms with van der Waals surface area (Å²) in [5.74, 6) is -2.69. The van der Waals surface area contributed by atoms with E-state index < -0.39 is 17.8 Å². The predicted molar refractivity (Wildman–Crippen MR) is 63.5 cm³/mol. The van der Waals surface area contributed by atoms with Crippen molar-refractivity contribution in [2.75, 3.05) is 5.32 Å². The molecule has 0 aliphatic heterocycles. The van der Waals surface area contributed by atoms with Crippen LogP contribution >= 0.6 is 11.3 Å². The second-order valence-electron chi connectivity index (χ2n) is 4.65. The number of rotatable bonds is 3. The molecule has 1 fully saturated rings. The van der Waals surface area contributed by atoms with E-state index >= 15 is 0 Å². The van der Waals surface area contributed by atoms with Gasteiger partial charge >= 0.3 is 0 Å². The van der Waals surface area contributed by atoms with Crippen LogP contribution in [0.15, 0.2) is 23.7 Å². The summed E-state index contributed by atoms with van der Waals surface area (Å²) in [5, 5.41) is 16.1. The minimum atomic E-state index is -1.13. The first-order chi connectivity index (χ1) is 8.66. The van der Waals surface area contributed by atoms with Gasteiger partial charge in [-0.3, -0.25) is 4.79 Å². The molecule has 2 bridgehead atoms. The van der Waals surface area contributed by atoms with Crippen LogP contribution < -0.4 is 10.4 Å². The normalized spacial score (nSPS) is 32.7. The number of thiazole rings is 1. The number of carboxylic acid groups (broad SMARTS) is 1. The van der Waals surface area contributed by atoms with Gasteiger partial charge < -0.3 is 15.2 Å². The first-order valence-corrected chi connectivity index (χ1v) is 6.64. The van der Waals surface area contributed by atoms with E-state index in [1.165, 1.54) is 11.3 Å². The molecule has 1 saturated carbocycles. The summed E-state index contributed by atoms with van der Waals surface area (Å²) in [5.41, 5.74) is 0. The molecule has 1 aromatic rings. The van der Waals surface area contributed by atoms with Gasteiger partial charge in [-0.15, -0.1) is 11.3 Å². The molecule has 0 radical (unpaired) electrons. The van der Waals surface area contributed by atoms with Crippen molar-refractivity contribution in [2.24, 2.45) is 23.7 Å². The Labute approximate surface area is 108 Å². The number of carbonyl (C=O) groups is 2. The summed E-state index contributed by atoms with van der Waals surface area (Å²) in [6.45, 7) is 0. The molecule has 3 rings (SSSR count). The van der Waals surface area contributed by atoms with Crippen molar-refractivity contribution >= 4 is 28.3 Å². The third kappa shape index (κ3) is 1.73. The van der Waals surface area contributed by atoms with Gasteiger partial charge in [0.2, 0.25) is 5.91 Å². The molecular formula is C12H11N2O3S-. The predicted octanol–water partition coefficient (Wildman–Crippen LogP) is 0.270. The van der Waals surface area contributed by atoms with Crippen molar-refractivity contribution in [1.29, 1.82) is 0 Å². The molecule has 94 valence electrons. The topological polar surface area (TPSA) is 82.1 Å². The molecule has 4 atom stereocenters. The quantitative estimate of drug-likeness (QED) is 0.794. The Morgan fingerprint density at radius 3 is 2.67 bits per heavy atom. The summed E-state index contributed by atoms with van der Waals surface area (Å²) in [7, 11) is 0. The number of hydrogen-bond acceptors (Lipinski definition) is 5. The van der Waals surface area contributed by atoms with Gasteiger partial charge in [-0.1, -0.05) is 12.2 Å². The third-order valence-corrected chi connectivity index (χ3v) is 4.39. The fourth-order valence-electron chi connectivity index (χ4n) is 2.97. The molecule has 2 aliphatic carbocycles. The van der Waals surface area contributed by atoms with Crippen LogP contribution in [0.1, 0.15) is 6.42 Å². The maximum absolute atomic E-state index is 12.1. The highest BCUT2D eigenvalue weighted by Gasteiger charge is 2.48. The lowest BCUT2D eigenvalue weighted by Crippen LogP contribution is -2.42. The van der Waals surface area contributed by atoms with E-state index in [1.807, 2.05) is 12.2 Å². The highest BCUT2D eigenvalue weighted by atomic mass is 32.1. The molecule has 0 aromatic carbocycles. The molecule has 1 heterocycles. The minimum Gasteiger partial charge on any atom is -0.550 e. The number of amides is 1. The number of carbonyl (C=O) groups excluding carboxylic acids is 2. The number of nitrogens with zero attached hydrogens (tertiary/aromatic N) is 1. The Hall–Kier alpha value is -1.69. The maximum Gasteiger partial charge on any atom is 0.230 e. The molecule has 2 aliphatic rings. The zero-order valence-electron chi connectivity index (χ0n) is 9.41. The van der Waals surface area contributed by atoms with Crippen LogP contribution in [0.3, 0.4) is 0 Å². The van der Waals surface area contributed by atoms with Crippen molar-refractivity contribution < 1.29 is 14.7 Å². The van der Waals surface area contributed by atoms with Crippen LogP contribution in [0.25, 0.3) is 0 Å². The van der Waals surface area contributed by atoms with Gasteiger partial charge in [0.25, 0.3) is 0 Å². The smallest absolute Gasteiger partial charge is 0.230 e. The number of anilines is 1. The standard InChI is InChI=1S/C12H12N2O3S/c15-10(14-12-13-3-4-18-12)8-6-1-2-7(5-6)9(8)11(16)17/h1-4,6-9H,5H2,(H,16,17)(H,13,14,15)/p-1/t6-,7-,8+,9-/m0/s1. The van der Waals surface area contributed by atoms with E-state index in [1.54, 1.807) is 11.6 Å². The number of nitrogens with one attached hydrogen (secondary N) is 1. The van der Waals surface area contributed by atoms with Crippen LogP contribution in [0.5, 0.6) is 0 Å². The van der Waals surface area contributed by atoms with Crippen LogP contribution in [0.2, 0.25) is 0 Å². The number of aliphatic carboxylic acids is 1. The molecular weight excluding hydrogens is 252 g/mol. The lowest BCUT2D eigenvalue weighted by atomic mass is 9.82. The Balaban J connectivity index is 1.80. The Bertz CT molecular complexity index is 511. The van der Waals surface area contributed by atoms with Crippen molar-refractivity contribution in [3.05, 3.63) is 23.7 Å². The molecule has 1 amide bonds. The van der Waals surface area contributed by atoms with Gasteiger partial charge in [-0.2, -0.15) is 0 Å². The summed E-state index contributed by atoms with van der Waals surface area (Å²) < 4.78 is 0. The van der Waals surface area contributed by atoms with E-state index in [-0.39, 0.29) is 17.7 Å². The second-order valence-corrected chi connectivity index (χ2v) is 5.54. The highest BCUT2D eigenvalue weighted by molar-refractivity contribution is 7.13. The fourth-order valence-corrected chi connectivity index (χ4v) is 3.51. The molecule has 5 nitrogen and oxygen atoms in total. The zero-order valence-corrected chi connectivity index (χ0v) is 10.2. The molecule has 1 N–H and O–H groups in total. The lowest BCUT2D eigenvalue weighted by Gasteiger charge is -2.27. The number of allylic oxidation sites excluding steroid dienone is 2. The van der Waals surface area contributed by atoms with E-state index in [0.29, 0.717) is 5.13 Å². The summed E-state index contributed by atoms with van der Waals surface area (Å²) in [4.78, 5) is 27.3. The Morgan fingerprint density at radius 1 is 1.33 bits per heavy atom. The molecule has 18 heavy (non-hydrogen) atoms. The van der Waals surface area contributed by atoms with Gasteiger partial charge in [-0.05, 0) is 18.3 Å². The lowest BCUT2D eigenvalue weighted by molar-refractivity contribution is -0.313. The van der Waals surface area contributed by atoms with Crippen molar-refractivity contribution in [1.82, 2.24) is 4.98 Å². The summed E-state index contributed by atoms with van der Waals surface area (Å²) in [6.07, 6.45) is 6.15. The van der Waals surface area contributed by atoms with Gasteiger partial charge in [-0.25, -0.2) is 4.98 Å². The average molecular weight is 263 g/mol. The van der Waals surface area contributed by atoms with Gasteiger partial charge in [0.05, 0.1) is 5.92 Å². The number of fused-ring (bicyclic) bond motifs is 2. The molecule has 0 unspecified atom stereocenters. The van der Waals surface area contributed by atoms with Crippen molar-refractivity contribution in [3.8, 4) is 0 Å². The minimum absolute atomic E-state index is 0.0119. The first kappa shape index (κ1) is 11.4. The largest absolute Gasteiger partial charge is 0.550 e. The summed E-state index contributed by atoms with van der Waals surface area (Å²) >= 11 is 1.32. The molecule has 1 aromatic heterocycles. The van der Waals surface area contributed by atoms with Crippen LogP contribution in [-0.2, 0) is 9.59 Å². The Morgan fingerprint density at radius 2 is 2.06 bits per heavy atom. The van der Waals surface area contributed by atoms with E-state index in [4.69, 9.17) is 0 Å². The van der Waals surface area contributed by atoms with Gasteiger partial charge in [0.15, 0.2) is 5.13 Å². The highest BCUT2D eigenvalue weighted by Crippen LogP contribution is 2.48. The SMILES string of the molecule is O=C([O-])[C@@H]1[C@H](C(=O)Nc2nccs2)[C@H]2C=C[C@H]1C2. The van der Waals surface area contributed by atoms with Gasteiger partial charge in [0.1, 0.15) is 0 Å². The number of carboxylic acids is 1. The molecule has 6 heteroatoms. The summed E-state index contributed by atoms with van der Waals surface area (Å²) in [6, 6.07) is 0. The second kappa shape index (κ2) is 4.20. The van der Waals surface area contributed by atoms with E-state index in [0.717, 1.165) is 6.42 Å². The number of hydrogen-bond donors (Lipinski definition) is 1. The third-order valence-electron chi connectivity index (χ3n) is 3.70. The Kier molecular flexibility index (Phi) is 2.66. The van der Waals surface area contributed by atoms with Crippen molar-refractivity contribution in [3.63, 3.8) is 0 Å².